The van der Waals surface area contributed by atoms with E-state index in [0.29, 0.717) is 58.4 Å². The minimum atomic E-state index is -1.92. The first-order valence-corrected chi connectivity index (χ1v) is 63.3. The Bertz CT molecular complexity index is 5410. The maximum absolute atomic E-state index is 6.63. The van der Waals surface area contributed by atoms with Crippen molar-refractivity contribution in [3.8, 4) is 34.5 Å². The van der Waals surface area contributed by atoms with E-state index in [9.17, 15) is 0 Å². The number of hydrogen-bond acceptors (Lipinski definition) is 6. The van der Waals surface area contributed by atoms with E-state index in [4.69, 9.17) is 14.2 Å². The largest absolute Gasteiger partial charge is 0.457 e. The molecule has 3 fully saturated rings. The van der Waals surface area contributed by atoms with Crippen molar-refractivity contribution in [2.45, 2.75) is 388 Å². The van der Waals surface area contributed by atoms with E-state index in [2.05, 4.69) is 461 Å². The van der Waals surface area contributed by atoms with Crippen LogP contribution in [0.15, 0.2) is 181 Å². The summed E-state index contributed by atoms with van der Waals surface area (Å²) in [5.41, 5.74) is 25.2. The highest BCUT2D eigenvalue weighted by molar-refractivity contribution is 6.77. The first-order chi connectivity index (χ1) is 63.2. The van der Waals surface area contributed by atoms with Crippen LogP contribution in [-0.4, -0.2) is 133 Å². The lowest BCUT2D eigenvalue weighted by molar-refractivity contribution is -0.978. The SMILES string of the molecule is CC1CC2C=C3C(=CC2C1[Si](C)(C)N(C(C)(C)C)[N+](C)(C)C)C(C)(C)c1cc(Oc2ccc(C(C)(C)C)cc2)ccc13.CCCCC1(CCCC)C2=CC3C(C=C2c2ccc(Oc4ccc(C(C)(C)C)cc4)cc21)CC(C)C3[Si](C)(C)N(C(C)(C)C)[N+](C)(C)C.CCCCC1(CCCC)C2=CC3C(C=C2c2ccc(Oc4ccc(C(C)(C)C)cc4)cc21)CCC3[Si](C)(C)N(C(C)(C)C)[N+](C)(C)C. The molecular formula is C125H193N6O3Si3+3. The number of quaternary nitrogens is 3. The van der Waals surface area contributed by atoms with E-state index in [-0.39, 0.29) is 49.1 Å². The number of benzene rings is 6. The number of hydrogen-bond donors (Lipinski definition) is 0. The first kappa shape index (κ1) is 108. The summed E-state index contributed by atoms with van der Waals surface area (Å²) in [7, 11) is 15.8. The molecule has 9 aliphatic carbocycles. The number of fused-ring (bicyclic) bond motifs is 12. The van der Waals surface area contributed by atoms with Gasteiger partial charge in [0.05, 0.1) is 80.0 Å². The van der Waals surface area contributed by atoms with Gasteiger partial charge in [-0.25, -0.2) is 0 Å². The third kappa shape index (κ3) is 21.4. The fraction of sp³-hybridized carbons (Fsp3) is 0.616. The summed E-state index contributed by atoms with van der Waals surface area (Å²) in [6, 6.07) is 47.0. The van der Waals surface area contributed by atoms with Crippen LogP contribution in [0.1, 0.15) is 333 Å². The predicted octanol–water partition coefficient (Wildman–Crippen LogP) is 34.3. The molecule has 0 aromatic heterocycles. The lowest BCUT2D eigenvalue weighted by Gasteiger charge is -2.55. The number of ether oxygens (including phenoxy) is 3. The highest BCUT2D eigenvalue weighted by Crippen LogP contribution is 2.68. The molecule has 9 aliphatic rings. The van der Waals surface area contributed by atoms with Gasteiger partial charge >= 0.3 is 0 Å². The zero-order valence-corrected chi connectivity index (χ0v) is 97.7. The lowest BCUT2D eigenvalue weighted by Crippen LogP contribution is -2.72. The fourth-order valence-electron chi connectivity index (χ4n) is 31.0. The molecule has 6 aromatic rings. The molecule has 0 amide bonds. The second-order valence-corrected chi connectivity index (χ2v) is 68.3. The Morgan fingerprint density at radius 3 is 0.898 bits per heavy atom. The molecule has 11 atom stereocenters. The Labute approximate surface area is 841 Å². The molecule has 9 nitrogen and oxygen atoms in total. The van der Waals surface area contributed by atoms with Gasteiger partial charge in [-0.1, -0.05) is 306 Å². The van der Waals surface area contributed by atoms with Crippen LogP contribution in [0, 0.1) is 47.3 Å². The van der Waals surface area contributed by atoms with E-state index in [1.165, 1.54) is 164 Å². The Hall–Kier alpha value is -6.43. The van der Waals surface area contributed by atoms with Crippen molar-refractivity contribution in [2.75, 3.05) is 63.4 Å². The number of nitrogens with zero attached hydrogens (tertiary/aromatic N) is 6. The van der Waals surface area contributed by atoms with Gasteiger partial charge in [-0.2, -0.15) is 14.0 Å². The Balaban J connectivity index is 0.000000174. The minimum Gasteiger partial charge on any atom is -0.457 e. The van der Waals surface area contributed by atoms with Gasteiger partial charge in [0.25, 0.3) is 0 Å². The van der Waals surface area contributed by atoms with Crippen LogP contribution >= 0.6 is 0 Å². The van der Waals surface area contributed by atoms with Gasteiger partial charge in [0.1, 0.15) is 34.5 Å². The van der Waals surface area contributed by atoms with Crippen molar-refractivity contribution in [3.05, 3.63) is 231 Å². The molecule has 137 heavy (non-hydrogen) atoms. The normalized spacial score (nSPS) is 23.9. The van der Waals surface area contributed by atoms with Crippen molar-refractivity contribution in [3.63, 3.8) is 0 Å². The molecule has 0 radical (unpaired) electrons. The topological polar surface area (TPSA) is 37.4 Å². The average molecular weight is 1910 g/mol. The summed E-state index contributed by atoms with van der Waals surface area (Å²) < 4.78 is 31.1. The van der Waals surface area contributed by atoms with Gasteiger partial charge < -0.3 is 14.2 Å². The molecular weight excluding hydrogens is 1720 g/mol. The zero-order valence-electron chi connectivity index (χ0n) is 94.7. The molecule has 12 heteroatoms. The molecule has 0 aliphatic heterocycles. The number of rotatable bonds is 27. The summed E-state index contributed by atoms with van der Waals surface area (Å²) >= 11 is 0. The van der Waals surface area contributed by atoms with Crippen LogP contribution in [0.4, 0.5) is 0 Å². The third-order valence-electron chi connectivity index (χ3n) is 34.0. The van der Waals surface area contributed by atoms with E-state index in [0.717, 1.165) is 53.8 Å². The summed E-state index contributed by atoms with van der Waals surface area (Å²) in [4.78, 5) is 0. The molecule has 750 valence electrons. The van der Waals surface area contributed by atoms with Gasteiger partial charge in [-0.05, 0) is 344 Å². The van der Waals surface area contributed by atoms with Crippen molar-refractivity contribution in [1.29, 1.82) is 0 Å². The molecule has 11 unspecified atom stereocenters. The van der Waals surface area contributed by atoms with Crippen LogP contribution in [0.2, 0.25) is 55.9 Å². The quantitative estimate of drug-likeness (QED) is 0.0291. The molecule has 15 rings (SSSR count). The third-order valence-corrected chi connectivity index (χ3v) is 48.8. The average Bonchev–Trinajstić information content (AvgIpc) is 1.55. The van der Waals surface area contributed by atoms with E-state index < -0.39 is 24.7 Å². The molecule has 0 heterocycles. The monoisotopic (exact) mass is 1910 g/mol. The van der Waals surface area contributed by atoms with Gasteiger partial charge in [-0.3, -0.25) is 13.8 Å². The number of unbranched alkanes of at least 4 members (excludes halogenated alkanes) is 4. The second-order valence-electron chi connectivity index (χ2n) is 55.1. The van der Waals surface area contributed by atoms with Crippen molar-refractivity contribution >= 4 is 41.4 Å². The first-order valence-electron chi connectivity index (χ1n) is 54.2. The van der Waals surface area contributed by atoms with Gasteiger partial charge in [-0.15, -0.1) is 0 Å². The van der Waals surface area contributed by atoms with Crippen molar-refractivity contribution < 1.29 is 28.0 Å². The molecule has 6 aromatic carbocycles. The van der Waals surface area contributed by atoms with Crippen LogP contribution in [0.5, 0.6) is 34.5 Å². The zero-order chi connectivity index (χ0) is 101. The van der Waals surface area contributed by atoms with Gasteiger partial charge in [0.15, 0.2) is 24.7 Å². The standard InChI is InChI=1S/C44H69N2OSi.C43H67N2OSi.C38H57N2OSi/c1-15-17-25-44(26-18-16-2)39-29-35(47-34-21-19-33(20-22-34)42(4,5)6)23-24-36(39)38-28-32-27-31(3)41(37(32)30-40(38)44)48(13,14)45(43(7,8)9)46(10,11)12;1-14-16-26-43(27-17-15-2)38-29-34(46-33-21-19-32(20-22-33)41(3,4)5)23-24-35(38)37-28-31-18-25-40(36(31)30-39(37)43)47(12,13)44(42(6,7)8)45(9,10)11;1-25-21-26-22-32-30-20-19-29(41-28-17-15-27(16-18-28)36(2,3)4)23-33(30)38(8,9)34(32)24-31(26)35(25)42(13,14)39(37(5,6)7)40(10,11)12/h19-24,28-32,37,41H,15-18,25-27H2,1-14H3;19-24,28-31,36,40H,14-18,25-27H2,1-13H3;15-20,22-26,31,35H,21H2,1-14H3/q3*+1. The van der Waals surface area contributed by atoms with Crippen LogP contribution < -0.4 is 14.2 Å². The molecule has 0 N–H and O–H groups in total. The van der Waals surface area contributed by atoms with E-state index in [1.807, 2.05) is 0 Å². The molecule has 3 saturated carbocycles. The highest BCUT2D eigenvalue weighted by atomic mass is 28.3. The van der Waals surface area contributed by atoms with Crippen molar-refractivity contribution in [1.82, 2.24) is 14.0 Å². The molecule has 0 spiro atoms. The van der Waals surface area contributed by atoms with Crippen LogP contribution in [0.25, 0.3) is 16.7 Å². The fourth-order valence-corrected chi connectivity index (χ4v) is 49.5. The summed E-state index contributed by atoms with van der Waals surface area (Å²) in [6.45, 7) is 77.6. The minimum absolute atomic E-state index is 0.0481. The molecule has 0 bridgehead atoms. The summed E-state index contributed by atoms with van der Waals surface area (Å²) in [6.07, 6.45) is 36.7. The highest BCUT2D eigenvalue weighted by Gasteiger charge is 2.63. The van der Waals surface area contributed by atoms with Crippen LogP contribution in [0.3, 0.4) is 0 Å². The summed E-state index contributed by atoms with van der Waals surface area (Å²) in [5, 5.41) is 0. The van der Waals surface area contributed by atoms with Gasteiger partial charge in [0, 0.05) is 16.2 Å². The van der Waals surface area contributed by atoms with Gasteiger partial charge in [0.2, 0.25) is 0 Å². The van der Waals surface area contributed by atoms with Crippen molar-refractivity contribution in [2.24, 2.45) is 47.3 Å². The second kappa shape index (κ2) is 38.9. The maximum atomic E-state index is 6.63. The lowest BCUT2D eigenvalue weighted by atomic mass is 9.68. The van der Waals surface area contributed by atoms with E-state index in [1.54, 1.807) is 22.3 Å². The molecule has 0 saturated heterocycles. The predicted molar refractivity (Wildman–Crippen MR) is 598 cm³/mol. The Kier molecular flexibility index (Phi) is 30.6. The van der Waals surface area contributed by atoms with E-state index >= 15 is 0 Å². The smallest absolute Gasteiger partial charge is 0.191 e. The van der Waals surface area contributed by atoms with Crippen LogP contribution in [-0.2, 0) is 32.5 Å². The Morgan fingerprint density at radius 2 is 0.599 bits per heavy atom. The maximum Gasteiger partial charge on any atom is 0.191 e. The Morgan fingerprint density at radius 1 is 0.328 bits per heavy atom. The number of allylic oxidation sites excluding steroid dienone is 12. The summed E-state index contributed by atoms with van der Waals surface area (Å²) in [5.74, 6) is 10.7.